The van der Waals surface area contributed by atoms with Gasteiger partial charge in [0.1, 0.15) is 19.8 Å². The first-order valence-corrected chi connectivity index (χ1v) is 18.4. The number of hydrogen-bond donors (Lipinski definition) is 2. The molecule has 212 valence electrons. The number of aliphatic hydroxyl groups excluding tert-OH is 1. The van der Waals surface area contributed by atoms with Crippen molar-refractivity contribution in [2.45, 2.75) is 0 Å². The van der Waals surface area contributed by atoms with E-state index in [9.17, 15) is 4.79 Å². The highest BCUT2D eigenvalue weighted by molar-refractivity contribution is 8.16. The molecule has 0 spiro atoms. The number of ether oxygens (including phenoxy) is 1. The van der Waals surface area contributed by atoms with Gasteiger partial charge in [0.25, 0.3) is 0 Å². The first kappa shape index (κ1) is 36.2. The Hall–Kier alpha value is 0.190. The summed E-state index contributed by atoms with van der Waals surface area (Å²) in [6.45, 7) is 3.50. The van der Waals surface area contributed by atoms with E-state index in [4.69, 9.17) is 29.4 Å². The Kier molecular flexibility index (Phi) is 33.4. The van der Waals surface area contributed by atoms with Crippen LogP contribution in [0.15, 0.2) is 9.98 Å². The fraction of sp³-hybridized carbons (Fsp3) is 0.850. The van der Waals surface area contributed by atoms with Crippen LogP contribution in [0.2, 0.25) is 0 Å². The quantitative estimate of drug-likeness (QED) is 0.0329. The molecule has 0 bridgehead atoms. The van der Waals surface area contributed by atoms with Crippen LogP contribution in [-0.2, 0) is 24.3 Å². The third-order valence-corrected chi connectivity index (χ3v) is 9.39. The van der Waals surface area contributed by atoms with E-state index in [-0.39, 0.29) is 12.7 Å². The van der Waals surface area contributed by atoms with Crippen molar-refractivity contribution in [3.63, 3.8) is 0 Å². The van der Waals surface area contributed by atoms with Gasteiger partial charge in [0.15, 0.2) is 0 Å². The molecule has 1 amide bonds. The maximum absolute atomic E-state index is 11.7. The molecule has 0 aromatic carbocycles. The number of aliphatic hydroxyl groups is 1. The first-order valence-electron chi connectivity index (χ1n) is 11.2. The second kappa shape index (κ2) is 33.2. The van der Waals surface area contributed by atoms with Crippen molar-refractivity contribution >= 4 is 89.5 Å². The number of nitrogens with one attached hydrogen (secondary N) is 1. The molecule has 0 saturated heterocycles. The fourth-order valence-corrected chi connectivity index (χ4v) is 6.26. The predicted octanol–water partition coefficient (Wildman–Crippen LogP) is 3.60. The number of nitrogens with zero attached hydrogens (tertiary/aromatic N) is 2. The molecule has 0 saturated carbocycles. The molecule has 0 atom stereocenters. The number of amides is 1. The highest BCUT2D eigenvalue weighted by Gasteiger charge is 2.01. The van der Waals surface area contributed by atoms with E-state index in [1.807, 2.05) is 6.26 Å². The molecule has 0 rings (SSSR count). The average Bonchev–Trinajstić information content (AvgIpc) is 2.88. The Morgan fingerprint density at radius 2 is 1.36 bits per heavy atom. The minimum Gasteiger partial charge on any atom is -0.449 e. The standard InChI is InChI=1S/C20H39N3O7S6/c1-31-9-2-21-16-29-28-8-15-36-19-35-13-6-26-20(25)23-4-11-34-18-33-10-3-22-17-30-27-7-14-32-12-5-24/h16-17,24H,2-15,18-19H2,1H3,(H,23,25)/b21-16-,22-17+. The molecular formula is C20H39N3O7S6. The van der Waals surface area contributed by atoms with Gasteiger partial charge >= 0.3 is 6.09 Å². The van der Waals surface area contributed by atoms with Crippen LogP contribution in [0.25, 0.3) is 0 Å². The number of hydrogen-bond acceptors (Lipinski definition) is 15. The summed E-state index contributed by atoms with van der Waals surface area (Å²) < 4.78 is 5.16. The number of alkyl carbamates (subject to hydrolysis) is 1. The zero-order valence-electron chi connectivity index (χ0n) is 20.7. The monoisotopic (exact) mass is 625 g/mol. The van der Waals surface area contributed by atoms with Gasteiger partial charge in [-0.3, -0.25) is 9.98 Å². The molecule has 0 aromatic heterocycles. The maximum atomic E-state index is 11.7. The highest BCUT2D eigenvalue weighted by atomic mass is 32.2. The topological polar surface area (TPSA) is 120 Å². The molecule has 0 radical (unpaired) electrons. The van der Waals surface area contributed by atoms with Gasteiger partial charge in [-0.1, -0.05) is 0 Å². The Morgan fingerprint density at radius 3 is 2.03 bits per heavy atom. The van der Waals surface area contributed by atoms with Gasteiger partial charge < -0.3 is 24.9 Å². The van der Waals surface area contributed by atoms with Crippen LogP contribution in [0.3, 0.4) is 0 Å². The van der Waals surface area contributed by atoms with E-state index in [0.717, 1.165) is 51.2 Å². The van der Waals surface area contributed by atoms with E-state index in [2.05, 4.69) is 15.3 Å². The van der Waals surface area contributed by atoms with Crippen LogP contribution >= 0.6 is 70.6 Å². The molecule has 36 heavy (non-hydrogen) atoms. The third-order valence-electron chi connectivity index (χ3n) is 3.33. The van der Waals surface area contributed by atoms with Crippen molar-refractivity contribution in [1.29, 1.82) is 0 Å². The van der Waals surface area contributed by atoms with Gasteiger partial charge in [-0.15, -0.1) is 47.0 Å². The summed E-state index contributed by atoms with van der Waals surface area (Å²) >= 11 is 10.3. The smallest absolute Gasteiger partial charge is 0.407 e. The summed E-state index contributed by atoms with van der Waals surface area (Å²) in [5.74, 6) is 5.75. The van der Waals surface area contributed by atoms with E-state index < -0.39 is 0 Å². The zero-order chi connectivity index (χ0) is 26.2. The van der Waals surface area contributed by atoms with Crippen molar-refractivity contribution in [2.24, 2.45) is 9.98 Å². The largest absolute Gasteiger partial charge is 0.449 e. The lowest BCUT2D eigenvalue weighted by Crippen LogP contribution is -2.27. The van der Waals surface area contributed by atoms with Crippen LogP contribution in [0.4, 0.5) is 4.79 Å². The van der Waals surface area contributed by atoms with Gasteiger partial charge in [-0.25, -0.2) is 4.79 Å². The van der Waals surface area contributed by atoms with Crippen molar-refractivity contribution in [1.82, 2.24) is 5.32 Å². The molecule has 10 nitrogen and oxygen atoms in total. The lowest BCUT2D eigenvalue weighted by Gasteiger charge is -2.07. The molecular weight excluding hydrogens is 587 g/mol. The van der Waals surface area contributed by atoms with Gasteiger partial charge in [-0.05, 0) is 6.26 Å². The Morgan fingerprint density at radius 1 is 0.778 bits per heavy atom. The summed E-state index contributed by atoms with van der Waals surface area (Å²) in [7, 11) is 0. The summed E-state index contributed by atoms with van der Waals surface area (Å²) in [6, 6.07) is 0. The first-order chi connectivity index (χ1) is 17.8. The lowest BCUT2D eigenvalue weighted by atomic mass is 10.7. The van der Waals surface area contributed by atoms with Crippen molar-refractivity contribution in [3.8, 4) is 0 Å². The fourth-order valence-electron chi connectivity index (χ4n) is 1.76. The SMILES string of the molecule is CSCC/N=C\OOCCSCSCCOC(=O)NCCSCSCC/N=C/OOCCSCCO. The van der Waals surface area contributed by atoms with Crippen molar-refractivity contribution in [3.05, 3.63) is 0 Å². The summed E-state index contributed by atoms with van der Waals surface area (Å²) in [5, 5.41) is 13.2. The Bertz CT molecular complexity index is 528. The second-order valence-electron chi connectivity index (χ2n) is 6.12. The average molecular weight is 626 g/mol. The van der Waals surface area contributed by atoms with E-state index >= 15 is 0 Å². The molecule has 16 heteroatoms. The van der Waals surface area contributed by atoms with Crippen molar-refractivity contribution < 1.29 is 34.2 Å². The van der Waals surface area contributed by atoms with Gasteiger partial charge in [0.2, 0.25) is 12.8 Å². The number of rotatable bonds is 28. The molecule has 0 aliphatic carbocycles. The normalized spacial score (nSPS) is 11.4. The van der Waals surface area contributed by atoms with Crippen molar-refractivity contribution in [2.75, 3.05) is 103 Å². The van der Waals surface area contributed by atoms with Crippen LogP contribution < -0.4 is 5.32 Å². The zero-order valence-corrected chi connectivity index (χ0v) is 25.6. The molecule has 2 N–H and O–H groups in total. The maximum Gasteiger partial charge on any atom is 0.407 e. The number of aliphatic imine (C=N–C) groups is 2. The Balaban J connectivity index is 3.22. The predicted molar refractivity (Wildman–Crippen MR) is 163 cm³/mol. The number of carbonyl (C=O) groups excluding carboxylic acids is 1. The third kappa shape index (κ3) is 32.2. The van der Waals surface area contributed by atoms with Crippen LogP contribution in [-0.4, -0.2) is 127 Å². The number of thioether (sulfide) groups is 6. The Labute approximate surface area is 240 Å². The summed E-state index contributed by atoms with van der Waals surface area (Å²) in [5.41, 5.74) is 0. The van der Waals surface area contributed by atoms with Gasteiger partial charge in [0.05, 0.1) is 19.7 Å². The molecule has 0 unspecified atom stereocenters. The van der Waals surface area contributed by atoms with Crippen LogP contribution in [0.5, 0.6) is 0 Å². The van der Waals surface area contributed by atoms with Gasteiger partial charge in [0, 0.05) is 57.0 Å². The lowest BCUT2D eigenvalue weighted by molar-refractivity contribution is -0.210. The minimum atomic E-state index is -0.371. The molecule has 0 heterocycles. The molecule has 0 aliphatic rings. The molecule has 0 aliphatic heterocycles. The van der Waals surface area contributed by atoms with E-state index in [1.165, 1.54) is 12.8 Å². The summed E-state index contributed by atoms with van der Waals surface area (Å²) in [6.07, 6.45) is 4.32. The minimum absolute atomic E-state index is 0.177. The highest BCUT2D eigenvalue weighted by Crippen LogP contribution is 2.12. The molecule has 0 fully saturated rings. The number of carbonyl (C=O) groups is 1. The van der Waals surface area contributed by atoms with Crippen LogP contribution in [0, 0.1) is 0 Å². The van der Waals surface area contributed by atoms with E-state index in [0.29, 0.717) is 38.7 Å². The van der Waals surface area contributed by atoms with E-state index in [1.54, 1.807) is 70.6 Å². The van der Waals surface area contributed by atoms with Gasteiger partial charge in [-0.2, -0.15) is 33.3 Å². The second-order valence-corrected chi connectivity index (χ2v) is 13.5. The van der Waals surface area contributed by atoms with Crippen LogP contribution in [0.1, 0.15) is 0 Å². The summed E-state index contributed by atoms with van der Waals surface area (Å²) in [4.78, 5) is 39.4. The molecule has 0 aromatic rings.